The van der Waals surface area contributed by atoms with Crippen molar-refractivity contribution in [2.75, 3.05) is 12.4 Å². The lowest BCUT2D eigenvalue weighted by Gasteiger charge is -1.99. The Morgan fingerprint density at radius 3 is 2.45 bits per heavy atom. The third-order valence-corrected chi connectivity index (χ3v) is 1.61. The number of allylic oxidation sites excluding steroid dienone is 2. The van der Waals surface area contributed by atoms with Gasteiger partial charge >= 0.3 is 5.70 Å². The summed E-state index contributed by atoms with van der Waals surface area (Å²) in [6.07, 6.45) is 0.215. The van der Waals surface area contributed by atoms with E-state index in [9.17, 15) is 14.9 Å². The maximum Gasteiger partial charge on any atom is 0.328 e. The number of halogens is 1. The van der Waals surface area contributed by atoms with Crippen LogP contribution in [-0.4, -0.2) is 23.6 Å². The first-order valence-corrected chi connectivity index (χ1v) is 3.86. The highest BCUT2D eigenvalue weighted by Crippen LogP contribution is 2.02. The maximum atomic E-state index is 10.1. The minimum atomic E-state index is -0.722. The SMILES string of the molecule is CN/C(CBr)=C(\C=O)[N+](=O)[O-]. The van der Waals surface area contributed by atoms with Gasteiger partial charge < -0.3 is 5.32 Å². The number of hydrogen-bond donors (Lipinski definition) is 1. The zero-order valence-electron chi connectivity index (χ0n) is 5.83. The second-order valence-electron chi connectivity index (χ2n) is 1.62. The number of nitrogens with zero attached hydrogens (tertiary/aromatic N) is 1. The first kappa shape index (κ1) is 10.1. The average Bonchev–Trinajstić information content (AvgIpc) is 1.99. The van der Waals surface area contributed by atoms with Crippen molar-refractivity contribution >= 4 is 22.2 Å². The van der Waals surface area contributed by atoms with Crippen LogP contribution in [0.2, 0.25) is 0 Å². The molecular weight excluding hydrogens is 216 g/mol. The van der Waals surface area contributed by atoms with E-state index in [0.717, 1.165) is 0 Å². The van der Waals surface area contributed by atoms with Crippen LogP contribution < -0.4 is 5.32 Å². The third-order valence-electron chi connectivity index (χ3n) is 1.05. The van der Waals surface area contributed by atoms with Gasteiger partial charge in [0.15, 0.2) is 0 Å². The third kappa shape index (κ3) is 2.67. The fourth-order valence-corrected chi connectivity index (χ4v) is 1.06. The van der Waals surface area contributed by atoms with E-state index in [1.807, 2.05) is 0 Å². The van der Waals surface area contributed by atoms with Crippen LogP contribution in [0.15, 0.2) is 11.4 Å². The summed E-state index contributed by atoms with van der Waals surface area (Å²) in [5, 5.41) is 13.0. The van der Waals surface area contributed by atoms with Crippen molar-refractivity contribution < 1.29 is 9.72 Å². The van der Waals surface area contributed by atoms with Gasteiger partial charge in [0.25, 0.3) is 0 Å². The molecule has 0 saturated heterocycles. The largest absolute Gasteiger partial charge is 0.385 e. The number of carbonyl (C=O) groups excluding carboxylic acids is 1. The molecule has 0 spiro atoms. The van der Waals surface area contributed by atoms with Gasteiger partial charge in [-0.25, -0.2) is 0 Å². The van der Waals surface area contributed by atoms with Crippen LogP contribution in [0.3, 0.4) is 0 Å². The Morgan fingerprint density at radius 2 is 2.36 bits per heavy atom. The molecule has 0 saturated carbocycles. The Bertz CT molecular complexity index is 196. The van der Waals surface area contributed by atoms with Crippen LogP contribution >= 0.6 is 15.9 Å². The molecule has 1 N–H and O–H groups in total. The van der Waals surface area contributed by atoms with Gasteiger partial charge in [0.05, 0.1) is 10.3 Å². The molecule has 0 atom stereocenters. The summed E-state index contributed by atoms with van der Waals surface area (Å²) < 4.78 is 0. The van der Waals surface area contributed by atoms with Crippen LogP contribution in [0, 0.1) is 10.1 Å². The molecule has 0 bridgehead atoms. The molecule has 0 aliphatic heterocycles. The zero-order valence-corrected chi connectivity index (χ0v) is 7.42. The number of rotatable bonds is 4. The predicted octanol–water partition coefficient (Wildman–Crippen LogP) is 0.288. The number of aldehydes is 1. The van der Waals surface area contributed by atoms with Gasteiger partial charge in [-0.1, -0.05) is 15.9 Å². The number of alkyl halides is 1. The highest BCUT2D eigenvalue weighted by molar-refractivity contribution is 9.09. The van der Waals surface area contributed by atoms with E-state index >= 15 is 0 Å². The zero-order chi connectivity index (χ0) is 8.85. The van der Waals surface area contributed by atoms with Gasteiger partial charge in [-0.2, -0.15) is 0 Å². The van der Waals surface area contributed by atoms with Crippen LogP contribution in [0.5, 0.6) is 0 Å². The minimum Gasteiger partial charge on any atom is -0.385 e. The summed E-state index contributed by atoms with van der Waals surface area (Å²) in [5.74, 6) is 0. The van der Waals surface area contributed by atoms with Crippen molar-refractivity contribution in [2.45, 2.75) is 0 Å². The number of hydrogen-bond acceptors (Lipinski definition) is 4. The Kier molecular flexibility index (Phi) is 4.44. The molecule has 0 aromatic rings. The maximum absolute atomic E-state index is 10.1. The molecule has 0 fully saturated rings. The normalized spacial score (nSPS) is 11.8. The lowest BCUT2D eigenvalue weighted by molar-refractivity contribution is -0.418. The molecule has 5 nitrogen and oxygen atoms in total. The summed E-state index contributed by atoms with van der Waals surface area (Å²) in [4.78, 5) is 19.6. The second-order valence-corrected chi connectivity index (χ2v) is 2.18. The van der Waals surface area contributed by atoms with Crippen molar-refractivity contribution in [3.8, 4) is 0 Å². The molecular formula is C5H7BrN2O3. The molecule has 0 aliphatic rings. The molecule has 0 amide bonds. The van der Waals surface area contributed by atoms with E-state index in [1.54, 1.807) is 0 Å². The van der Waals surface area contributed by atoms with E-state index in [0.29, 0.717) is 0 Å². The van der Waals surface area contributed by atoms with Crippen LogP contribution in [0.1, 0.15) is 0 Å². The van der Waals surface area contributed by atoms with E-state index < -0.39 is 10.6 Å². The lowest BCUT2D eigenvalue weighted by atomic mass is 10.4. The minimum absolute atomic E-state index is 0.215. The summed E-state index contributed by atoms with van der Waals surface area (Å²) in [7, 11) is 1.52. The van der Waals surface area contributed by atoms with Crippen molar-refractivity contribution in [3.05, 3.63) is 21.5 Å². The Morgan fingerprint density at radius 1 is 1.82 bits per heavy atom. The lowest BCUT2D eigenvalue weighted by Crippen LogP contribution is -2.15. The first-order chi connectivity index (χ1) is 5.17. The number of nitro groups is 1. The molecule has 6 heteroatoms. The van der Waals surface area contributed by atoms with E-state index in [1.165, 1.54) is 7.05 Å². The van der Waals surface area contributed by atoms with Crippen LogP contribution in [-0.2, 0) is 4.79 Å². The summed E-state index contributed by atoms with van der Waals surface area (Å²) in [6.45, 7) is 0. The summed E-state index contributed by atoms with van der Waals surface area (Å²) >= 11 is 3.00. The van der Waals surface area contributed by atoms with E-state index in [2.05, 4.69) is 21.2 Å². The molecule has 0 rings (SSSR count). The molecule has 0 heterocycles. The van der Waals surface area contributed by atoms with Crippen molar-refractivity contribution in [3.63, 3.8) is 0 Å². The highest BCUT2D eigenvalue weighted by atomic mass is 79.9. The molecule has 0 aromatic heterocycles. The Hall–Kier alpha value is -0.910. The standard InChI is InChI=1S/C5H7BrN2O3/c1-7-4(2-6)5(3-9)8(10)11/h3,7H,2H2,1H3/b5-4+. The van der Waals surface area contributed by atoms with Crippen LogP contribution in [0.4, 0.5) is 0 Å². The predicted molar refractivity (Wildman–Crippen MR) is 42.9 cm³/mol. The van der Waals surface area contributed by atoms with Gasteiger partial charge in [0.1, 0.15) is 5.70 Å². The molecule has 11 heavy (non-hydrogen) atoms. The Balaban J connectivity index is 4.77. The van der Waals surface area contributed by atoms with Crippen molar-refractivity contribution in [1.29, 1.82) is 0 Å². The van der Waals surface area contributed by atoms with Gasteiger partial charge in [0.2, 0.25) is 6.29 Å². The highest BCUT2D eigenvalue weighted by Gasteiger charge is 2.14. The average molecular weight is 223 g/mol. The van der Waals surface area contributed by atoms with E-state index in [-0.39, 0.29) is 17.3 Å². The topological polar surface area (TPSA) is 72.2 Å². The molecule has 0 unspecified atom stereocenters. The van der Waals surface area contributed by atoms with Crippen molar-refractivity contribution in [1.82, 2.24) is 5.32 Å². The van der Waals surface area contributed by atoms with Crippen molar-refractivity contribution in [2.24, 2.45) is 0 Å². The summed E-state index contributed by atoms with van der Waals surface area (Å²) in [6, 6.07) is 0. The van der Waals surface area contributed by atoms with Gasteiger partial charge in [-0.05, 0) is 0 Å². The quantitative estimate of drug-likeness (QED) is 0.244. The fourth-order valence-electron chi connectivity index (χ4n) is 0.488. The molecule has 62 valence electrons. The summed E-state index contributed by atoms with van der Waals surface area (Å²) in [5.41, 5.74) is -0.172. The van der Waals surface area contributed by atoms with Gasteiger partial charge in [-0.15, -0.1) is 0 Å². The smallest absolute Gasteiger partial charge is 0.328 e. The monoisotopic (exact) mass is 222 g/mol. The van der Waals surface area contributed by atoms with Gasteiger partial charge in [0, 0.05) is 7.05 Å². The number of nitrogens with one attached hydrogen (secondary N) is 1. The first-order valence-electron chi connectivity index (χ1n) is 2.73. The molecule has 0 aromatic carbocycles. The fraction of sp³-hybridized carbons (Fsp3) is 0.400. The van der Waals surface area contributed by atoms with E-state index in [4.69, 9.17) is 0 Å². The Labute approximate surface area is 71.7 Å². The molecule has 0 aliphatic carbocycles. The van der Waals surface area contributed by atoms with Crippen LogP contribution in [0.25, 0.3) is 0 Å². The van der Waals surface area contributed by atoms with Gasteiger partial charge in [-0.3, -0.25) is 14.9 Å². The number of carbonyl (C=O) groups is 1. The second kappa shape index (κ2) is 4.84. The molecule has 0 radical (unpaired) electrons.